The van der Waals surface area contributed by atoms with Crippen molar-refractivity contribution in [1.82, 2.24) is 5.32 Å². The van der Waals surface area contributed by atoms with Gasteiger partial charge in [-0.3, -0.25) is 4.79 Å². The van der Waals surface area contributed by atoms with Crippen molar-refractivity contribution in [3.05, 3.63) is 89.2 Å². The number of hydrogen-bond acceptors (Lipinski definition) is 4. The second-order valence-corrected chi connectivity index (χ2v) is 8.84. The number of benzene rings is 3. The molecule has 0 spiro atoms. The maximum Gasteiger partial charge on any atom is 0.408 e. The molecular weight excluding hydrogens is 451 g/mol. The van der Waals surface area contributed by atoms with Gasteiger partial charge in [-0.1, -0.05) is 48.5 Å². The van der Waals surface area contributed by atoms with Gasteiger partial charge >= 0.3 is 12.1 Å². The minimum Gasteiger partial charge on any atom is -0.478 e. The predicted molar refractivity (Wildman–Crippen MR) is 127 cm³/mol. The summed E-state index contributed by atoms with van der Waals surface area (Å²) in [6.07, 6.45) is 0.755. The predicted octanol–water partition coefficient (Wildman–Crippen LogP) is 4.92. The van der Waals surface area contributed by atoms with E-state index in [1.54, 1.807) is 0 Å². The summed E-state index contributed by atoms with van der Waals surface area (Å²) in [7, 11) is 0. The summed E-state index contributed by atoms with van der Waals surface area (Å²) in [6, 6.07) is 19.1. The van der Waals surface area contributed by atoms with E-state index in [1.165, 1.54) is 6.07 Å². The Bertz CT molecular complexity index is 1290. The zero-order valence-corrected chi connectivity index (χ0v) is 18.7. The quantitative estimate of drug-likeness (QED) is 0.470. The molecule has 2 amide bonds. The van der Waals surface area contributed by atoms with Crippen LogP contribution in [0.25, 0.3) is 11.1 Å². The van der Waals surface area contributed by atoms with Crippen molar-refractivity contribution in [2.24, 2.45) is 0 Å². The van der Waals surface area contributed by atoms with E-state index in [-0.39, 0.29) is 23.8 Å². The number of aromatic carboxylic acids is 1. The van der Waals surface area contributed by atoms with Gasteiger partial charge < -0.3 is 20.5 Å². The maximum absolute atomic E-state index is 13.5. The Morgan fingerprint density at radius 3 is 2.17 bits per heavy atom. The summed E-state index contributed by atoms with van der Waals surface area (Å²) in [5.41, 5.74) is 2.76. The highest BCUT2D eigenvalue weighted by molar-refractivity contribution is 6.05. The van der Waals surface area contributed by atoms with E-state index in [4.69, 9.17) is 4.74 Å². The van der Waals surface area contributed by atoms with Gasteiger partial charge in [0.2, 0.25) is 5.91 Å². The van der Waals surface area contributed by atoms with Gasteiger partial charge in [0.05, 0.1) is 11.3 Å². The van der Waals surface area contributed by atoms with Crippen LogP contribution in [0.4, 0.5) is 14.9 Å². The summed E-state index contributed by atoms with van der Waals surface area (Å²) in [4.78, 5) is 37.2. The first-order valence-corrected chi connectivity index (χ1v) is 11.4. The van der Waals surface area contributed by atoms with Crippen LogP contribution in [0.1, 0.15) is 46.7 Å². The maximum atomic E-state index is 13.5. The number of carboxylic acid groups (broad SMARTS) is 1. The number of rotatable bonds is 6. The van der Waals surface area contributed by atoms with E-state index in [2.05, 4.69) is 10.6 Å². The number of amides is 2. The Balaban J connectivity index is 1.28. The molecule has 3 aromatic carbocycles. The number of alkyl carbamates (subject to hydrolysis) is 1. The number of fused-ring (bicyclic) bond motifs is 3. The second kappa shape index (κ2) is 8.87. The van der Waals surface area contributed by atoms with Crippen molar-refractivity contribution < 1.29 is 28.6 Å². The van der Waals surface area contributed by atoms with E-state index >= 15 is 0 Å². The van der Waals surface area contributed by atoms with Gasteiger partial charge in [0.15, 0.2) is 0 Å². The fourth-order valence-corrected chi connectivity index (χ4v) is 4.81. The van der Waals surface area contributed by atoms with Gasteiger partial charge in [0, 0.05) is 5.92 Å². The molecule has 7 nitrogen and oxygen atoms in total. The van der Waals surface area contributed by atoms with Crippen LogP contribution in [0.5, 0.6) is 0 Å². The largest absolute Gasteiger partial charge is 0.478 e. The third-order valence-corrected chi connectivity index (χ3v) is 6.79. The fourth-order valence-electron chi connectivity index (χ4n) is 4.81. The molecular formula is C27H23FN2O5. The highest BCUT2D eigenvalue weighted by Gasteiger charge is 2.46. The second-order valence-electron chi connectivity index (χ2n) is 8.84. The van der Waals surface area contributed by atoms with Crippen molar-refractivity contribution in [2.45, 2.75) is 30.7 Å². The third-order valence-electron chi connectivity index (χ3n) is 6.79. The topological polar surface area (TPSA) is 105 Å². The standard InChI is InChI=1S/C27H23FN2O5/c28-16-10-11-23(21(14-16)24(31)32)29-25(33)27(12-5-13-27)30-26(34)35-15-22-19-8-3-1-6-17(19)18-7-2-4-9-20(18)22/h1-4,6-11,14,22H,5,12-13,15H2,(H,29,33)(H,30,34)(H,31,32). The molecule has 35 heavy (non-hydrogen) atoms. The molecule has 2 aliphatic rings. The number of anilines is 1. The Kier molecular flexibility index (Phi) is 5.72. The molecule has 0 radical (unpaired) electrons. The normalized spacial score (nSPS) is 15.3. The van der Waals surface area contributed by atoms with Gasteiger partial charge in [-0.05, 0) is 59.7 Å². The molecule has 178 valence electrons. The lowest BCUT2D eigenvalue weighted by molar-refractivity contribution is -0.125. The fraction of sp³-hybridized carbons (Fsp3) is 0.222. The average molecular weight is 474 g/mol. The first kappa shape index (κ1) is 22.6. The Labute approximate surface area is 200 Å². The Morgan fingerprint density at radius 2 is 1.60 bits per heavy atom. The molecule has 0 atom stereocenters. The van der Waals surface area contributed by atoms with E-state index in [0.717, 1.165) is 34.4 Å². The number of carbonyl (C=O) groups excluding carboxylic acids is 2. The molecule has 1 fully saturated rings. The number of halogens is 1. The first-order chi connectivity index (χ1) is 16.9. The van der Waals surface area contributed by atoms with Crippen LogP contribution < -0.4 is 10.6 Å². The molecule has 0 aromatic heterocycles. The molecule has 0 bridgehead atoms. The molecule has 2 aliphatic carbocycles. The van der Waals surface area contributed by atoms with Gasteiger partial charge in [0.25, 0.3) is 0 Å². The lowest BCUT2D eigenvalue weighted by Gasteiger charge is -2.40. The summed E-state index contributed by atoms with van der Waals surface area (Å²) in [6.45, 7) is 0.110. The number of carboxylic acids is 1. The van der Waals surface area contributed by atoms with Crippen molar-refractivity contribution in [2.75, 3.05) is 11.9 Å². The molecule has 3 N–H and O–H groups in total. The highest BCUT2D eigenvalue weighted by Crippen LogP contribution is 2.44. The van der Waals surface area contributed by atoms with Gasteiger partial charge in [-0.2, -0.15) is 0 Å². The summed E-state index contributed by atoms with van der Waals surface area (Å²) in [5, 5.41) is 14.5. The van der Waals surface area contributed by atoms with Crippen LogP contribution in [-0.4, -0.2) is 35.2 Å². The van der Waals surface area contributed by atoms with Crippen LogP contribution in [0.2, 0.25) is 0 Å². The van der Waals surface area contributed by atoms with Crippen molar-refractivity contribution in [3.63, 3.8) is 0 Å². The van der Waals surface area contributed by atoms with Crippen molar-refractivity contribution >= 4 is 23.7 Å². The average Bonchev–Trinajstić information content (AvgIpc) is 3.14. The van der Waals surface area contributed by atoms with Crippen LogP contribution in [-0.2, 0) is 9.53 Å². The van der Waals surface area contributed by atoms with Crippen molar-refractivity contribution in [1.29, 1.82) is 0 Å². The first-order valence-electron chi connectivity index (χ1n) is 11.4. The summed E-state index contributed by atoms with van der Waals surface area (Å²) in [5.74, 6) is -2.77. The lowest BCUT2D eigenvalue weighted by atomic mass is 9.76. The van der Waals surface area contributed by atoms with Gasteiger partial charge in [-0.15, -0.1) is 0 Å². The minimum absolute atomic E-state index is 0.0375. The molecule has 5 rings (SSSR count). The van der Waals surface area contributed by atoms with Gasteiger partial charge in [0.1, 0.15) is 18.0 Å². The Hall–Kier alpha value is -4.20. The number of ether oxygens (including phenoxy) is 1. The molecule has 0 unspecified atom stereocenters. The summed E-state index contributed by atoms with van der Waals surface area (Å²) < 4.78 is 19.1. The zero-order chi connectivity index (χ0) is 24.6. The lowest BCUT2D eigenvalue weighted by Crippen LogP contribution is -2.61. The number of hydrogen-bond donors (Lipinski definition) is 3. The number of nitrogens with one attached hydrogen (secondary N) is 2. The van der Waals surface area contributed by atoms with E-state index in [9.17, 15) is 23.9 Å². The molecule has 0 heterocycles. The van der Waals surface area contributed by atoms with Crippen LogP contribution in [0, 0.1) is 5.82 Å². The summed E-state index contributed by atoms with van der Waals surface area (Å²) >= 11 is 0. The van der Waals surface area contributed by atoms with Crippen LogP contribution in [0.3, 0.4) is 0 Å². The smallest absolute Gasteiger partial charge is 0.408 e. The molecule has 0 aliphatic heterocycles. The molecule has 1 saturated carbocycles. The molecule has 0 saturated heterocycles. The van der Waals surface area contributed by atoms with Crippen molar-refractivity contribution in [3.8, 4) is 11.1 Å². The zero-order valence-electron chi connectivity index (χ0n) is 18.7. The number of carbonyl (C=O) groups is 3. The Morgan fingerprint density at radius 1 is 0.971 bits per heavy atom. The van der Waals surface area contributed by atoms with E-state index < -0.39 is 29.3 Å². The van der Waals surface area contributed by atoms with Crippen LogP contribution in [0.15, 0.2) is 66.7 Å². The van der Waals surface area contributed by atoms with Crippen LogP contribution >= 0.6 is 0 Å². The third kappa shape index (κ3) is 4.12. The minimum atomic E-state index is -1.37. The molecule has 8 heteroatoms. The van der Waals surface area contributed by atoms with Gasteiger partial charge in [-0.25, -0.2) is 14.0 Å². The van der Waals surface area contributed by atoms with E-state index in [1.807, 2.05) is 48.5 Å². The SMILES string of the molecule is O=C(NC1(C(=O)Nc2ccc(F)cc2C(=O)O)CCC1)OCC1c2ccccc2-c2ccccc21. The highest BCUT2D eigenvalue weighted by atomic mass is 19.1. The molecule has 3 aromatic rings. The monoisotopic (exact) mass is 474 g/mol. The van der Waals surface area contributed by atoms with E-state index in [0.29, 0.717) is 19.3 Å².